The van der Waals surface area contributed by atoms with Crippen LogP contribution in [0.25, 0.3) is 21.8 Å². The van der Waals surface area contributed by atoms with Crippen LogP contribution in [0.4, 0.5) is 5.95 Å². The van der Waals surface area contributed by atoms with Crippen molar-refractivity contribution in [1.82, 2.24) is 15.0 Å². The number of ether oxygens (including phenoxy) is 2. The first kappa shape index (κ1) is 17.4. The SMILES string of the molecule is C[C@H]1CN(c2ncc(-c3ccc4c(c3)OCO4)c(-c3nccs3)n2)CC[C@H]1O. The highest BCUT2D eigenvalue weighted by atomic mass is 32.1. The molecule has 2 aliphatic heterocycles. The molecule has 1 N–H and O–H groups in total. The number of hydrogen-bond donors (Lipinski definition) is 1. The Morgan fingerprint density at radius 3 is 2.93 bits per heavy atom. The van der Waals surface area contributed by atoms with Gasteiger partial charge in [0.1, 0.15) is 10.7 Å². The van der Waals surface area contributed by atoms with Crippen LogP contribution in [0.2, 0.25) is 0 Å². The molecule has 3 aromatic rings. The summed E-state index contributed by atoms with van der Waals surface area (Å²) in [4.78, 5) is 16.1. The van der Waals surface area contributed by atoms with E-state index in [1.807, 2.05) is 29.8 Å². The van der Waals surface area contributed by atoms with Crippen LogP contribution >= 0.6 is 11.3 Å². The van der Waals surface area contributed by atoms with E-state index in [9.17, 15) is 5.11 Å². The first-order valence-electron chi connectivity index (χ1n) is 9.29. The number of hydrogen-bond acceptors (Lipinski definition) is 8. The molecule has 28 heavy (non-hydrogen) atoms. The molecule has 1 fully saturated rings. The zero-order valence-electron chi connectivity index (χ0n) is 15.4. The van der Waals surface area contributed by atoms with Gasteiger partial charge in [0.15, 0.2) is 11.5 Å². The van der Waals surface area contributed by atoms with Gasteiger partial charge in [0, 0.05) is 36.4 Å². The van der Waals surface area contributed by atoms with Crippen LogP contribution in [0.3, 0.4) is 0 Å². The van der Waals surface area contributed by atoms with Crippen molar-refractivity contribution in [2.24, 2.45) is 5.92 Å². The number of thiazole rings is 1. The molecular formula is C20H20N4O3S. The van der Waals surface area contributed by atoms with Crippen LogP contribution in [0.15, 0.2) is 36.0 Å². The minimum absolute atomic E-state index is 0.189. The van der Waals surface area contributed by atoms with Gasteiger partial charge in [-0.2, -0.15) is 0 Å². The Bertz CT molecular complexity index is 995. The number of aromatic nitrogens is 3. The van der Waals surface area contributed by atoms with Gasteiger partial charge in [-0.3, -0.25) is 0 Å². The van der Waals surface area contributed by atoms with Crippen molar-refractivity contribution < 1.29 is 14.6 Å². The number of aliphatic hydroxyl groups excluding tert-OH is 1. The number of rotatable bonds is 3. The van der Waals surface area contributed by atoms with Crippen molar-refractivity contribution in [2.45, 2.75) is 19.4 Å². The highest BCUT2D eigenvalue weighted by Gasteiger charge is 2.27. The highest BCUT2D eigenvalue weighted by molar-refractivity contribution is 7.13. The number of aliphatic hydroxyl groups is 1. The molecule has 4 heterocycles. The van der Waals surface area contributed by atoms with Crippen molar-refractivity contribution in [3.63, 3.8) is 0 Å². The van der Waals surface area contributed by atoms with Gasteiger partial charge >= 0.3 is 0 Å². The molecule has 144 valence electrons. The molecule has 8 heteroatoms. The largest absolute Gasteiger partial charge is 0.454 e. The van der Waals surface area contributed by atoms with Crippen molar-refractivity contribution in [3.05, 3.63) is 36.0 Å². The molecule has 0 bridgehead atoms. The van der Waals surface area contributed by atoms with E-state index < -0.39 is 0 Å². The minimum Gasteiger partial charge on any atom is -0.454 e. The molecule has 1 aromatic carbocycles. The van der Waals surface area contributed by atoms with Crippen LogP contribution in [0.5, 0.6) is 11.5 Å². The molecule has 7 nitrogen and oxygen atoms in total. The summed E-state index contributed by atoms with van der Waals surface area (Å²) < 4.78 is 10.9. The Morgan fingerprint density at radius 1 is 1.21 bits per heavy atom. The van der Waals surface area contributed by atoms with E-state index in [-0.39, 0.29) is 18.8 Å². The summed E-state index contributed by atoms with van der Waals surface area (Å²) in [6.07, 6.45) is 4.10. The zero-order valence-corrected chi connectivity index (χ0v) is 16.2. The van der Waals surface area contributed by atoms with Gasteiger partial charge < -0.3 is 19.5 Å². The topological polar surface area (TPSA) is 80.6 Å². The summed E-state index contributed by atoms with van der Waals surface area (Å²) in [5.41, 5.74) is 2.67. The molecule has 2 atom stereocenters. The lowest BCUT2D eigenvalue weighted by Gasteiger charge is -2.34. The van der Waals surface area contributed by atoms with E-state index in [1.54, 1.807) is 17.5 Å². The lowest BCUT2D eigenvalue weighted by molar-refractivity contribution is 0.0966. The van der Waals surface area contributed by atoms with Gasteiger partial charge in [0.2, 0.25) is 12.7 Å². The van der Waals surface area contributed by atoms with Crippen molar-refractivity contribution >= 4 is 17.3 Å². The number of fused-ring (bicyclic) bond motifs is 1. The van der Waals surface area contributed by atoms with E-state index in [0.717, 1.165) is 52.8 Å². The van der Waals surface area contributed by atoms with Crippen molar-refractivity contribution in [2.75, 3.05) is 24.8 Å². The third-order valence-corrected chi connectivity index (χ3v) is 6.02. The van der Waals surface area contributed by atoms with Crippen molar-refractivity contribution in [3.8, 4) is 33.3 Å². The van der Waals surface area contributed by atoms with Gasteiger partial charge in [-0.25, -0.2) is 15.0 Å². The van der Waals surface area contributed by atoms with Crippen LogP contribution in [-0.2, 0) is 0 Å². The lowest BCUT2D eigenvalue weighted by atomic mass is 9.97. The first-order chi connectivity index (χ1) is 13.7. The minimum atomic E-state index is -0.261. The highest BCUT2D eigenvalue weighted by Crippen LogP contribution is 2.39. The van der Waals surface area contributed by atoms with E-state index in [4.69, 9.17) is 14.5 Å². The molecule has 1 saturated heterocycles. The number of nitrogens with zero attached hydrogens (tertiary/aromatic N) is 4. The van der Waals surface area contributed by atoms with Gasteiger partial charge in [-0.05, 0) is 30.0 Å². The normalized spacial score (nSPS) is 21.1. The summed E-state index contributed by atoms with van der Waals surface area (Å²) in [6.45, 7) is 3.78. The quantitative estimate of drug-likeness (QED) is 0.728. The van der Waals surface area contributed by atoms with E-state index in [1.165, 1.54) is 0 Å². The maximum Gasteiger partial charge on any atom is 0.231 e. The maximum atomic E-state index is 10.0. The first-order valence-corrected chi connectivity index (χ1v) is 10.2. The van der Waals surface area contributed by atoms with E-state index >= 15 is 0 Å². The summed E-state index contributed by atoms with van der Waals surface area (Å²) >= 11 is 1.55. The fraction of sp³-hybridized carbons (Fsp3) is 0.350. The van der Waals surface area contributed by atoms with Crippen LogP contribution in [0, 0.1) is 5.92 Å². The standard InChI is InChI=1S/C20H20N4O3S/c1-12-10-24(6-4-15(12)25)20-22-9-14(18(23-20)19-21-5-7-28-19)13-2-3-16-17(8-13)27-11-26-16/h2-3,5,7-9,12,15,25H,4,6,10-11H2,1H3/t12-,15+/m0/s1. The Kier molecular flexibility index (Phi) is 4.37. The third kappa shape index (κ3) is 3.08. The molecule has 2 aliphatic rings. The second kappa shape index (κ2) is 7.03. The second-order valence-electron chi connectivity index (χ2n) is 7.12. The van der Waals surface area contributed by atoms with Crippen LogP contribution in [0.1, 0.15) is 13.3 Å². The molecular weight excluding hydrogens is 376 g/mol. The van der Waals surface area contributed by atoms with E-state index in [2.05, 4.69) is 21.8 Å². The summed E-state index contributed by atoms with van der Waals surface area (Å²) in [5.74, 6) is 2.34. The molecule has 2 aromatic heterocycles. The molecule has 5 rings (SSSR count). The van der Waals surface area contributed by atoms with Gasteiger partial charge in [-0.15, -0.1) is 11.3 Å². The second-order valence-corrected chi connectivity index (χ2v) is 8.01. The molecule has 0 spiro atoms. The molecule has 0 amide bonds. The smallest absolute Gasteiger partial charge is 0.231 e. The maximum absolute atomic E-state index is 10.0. The van der Waals surface area contributed by atoms with Crippen LogP contribution < -0.4 is 14.4 Å². The van der Waals surface area contributed by atoms with Crippen molar-refractivity contribution in [1.29, 1.82) is 0 Å². The lowest BCUT2D eigenvalue weighted by Crippen LogP contribution is -2.42. The Balaban J connectivity index is 1.56. The third-order valence-electron chi connectivity index (χ3n) is 5.24. The summed E-state index contributed by atoms with van der Waals surface area (Å²) in [6, 6.07) is 5.85. The average Bonchev–Trinajstić information content (AvgIpc) is 3.41. The summed E-state index contributed by atoms with van der Waals surface area (Å²) in [7, 11) is 0. The van der Waals surface area contributed by atoms with Gasteiger partial charge in [-0.1, -0.05) is 13.0 Å². The Labute approximate surface area is 166 Å². The monoisotopic (exact) mass is 396 g/mol. The fourth-order valence-electron chi connectivity index (χ4n) is 3.62. The van der Waals surface area contributed by atoms with Crippen LogP contribution in [-0.4, -0.2) is 46.0 Å². The predicted molar refractivity (Wildman–Crippen MR) is 107 cm³/mol. The fourth-order valence-corrected chi connectivity index (χ4v) is 4.26. The molecule has 0 aliphatic carbocycles. The average molecular weight is 396 g/mol. The zero-order chi connectivity index (χ0) is 19.1. The number of anilines is 1. The molecule has 0 radical (unpaired) electrons. The molecule has 0 saturated carbocycles. The molecule has 0 unspecified atom stereocenters. The Hall–Kier alpha value is -2.71. The predicted octanol–water partition coefficient (Wildman–Crippen LogP) is 3.20. The van der Waals surface area contributed by atoms with E-state index in [0.29, 0.717) is 5.95 Å². The Morgan fingerprint density at radius 2 is 2.11 bits per heavy atom. The number of piperidine rings is 1. The summed E-state index contributed by atoms with van der Waals surface area (Å²) in [5, 5.41) is 12.8. The number of benzene rings is 1. The van der Waals surface area contributed by atoms with Gasteiger partial charge in [0.05, 0.1) is 6.10 Å². The van der Waals surface area contributed by atoms with Gasteiger partial charge in [0.25, 0.3) is 0 Å².